The normalized spacial score (nSPS) is 14.4. The third kappa shape index (κ3) is 7.22. The second-order valence-electron chi connectivity index (χ2n) is 9.25. The minimum Gasteiger partial charge on any atom is -0.352 e. The predicted molar refractivity (Wildman–Crippen MR) is 143 cm³/mol. The van der Waals surface area contributed by atoms with Crippen molar-refractivity contribution in [1.29, 1.82) is 0 Å². The molecule has 0 aliphatic heterocycles. The SMILES string of the molecule is Cc1ccccc1CN(C(=O)CSc1ccccc1)C(Cc1ccccc1)C(=O)NC1CCCC1. The van der Waals surface area contributed by atoms with Gasteiger partial charge in [-0.2, -0.15) is 0 Å². The molecule has 1 unspecified atom stereocenters. The quantitative estimate of drug-likeness (QED) is 0.369. The number of aryl methyl sites for hydroxylation is 1. The Kier molecular flexibility index (Phi) is 9.02. The fourth-order valence-corrected chi connectivity index (χ4v) is 5.44. The maximum absolute atomic E-state index is 13.7. The van der Waals surface area contributed by atoms with E-state index in [4.69, 9.17) is 0 Å². The fourth-order valence-electron chi connectivity index (χ4n) is 4.64. The van der Waals surface area contributed by atoms with E-state index >= 15 is 0 Å². The van der Waals surface area contributed by atoms with Gasteiger partial charge in [-0.25, -0.2) is 0 Å². The first kappa shape index (κ1) is 25.1. The van der Waals surface area contributed by atoms with Crippen LogP contribution in [0.4, 0.5) is 0 Å². The van der Waals surface area contributed by atoms with E-state index < -0.39 is 6.04 Å². The van der Waals surface area contributed by atoms with Crippen LogP contribution in [0.15, 0.2) is 89.8 Å². The second kappa shape index (κ2) is 12.6. The molecule has 35 heavy (non-hydrogen) atoms. The van der Waals surface area contributed by atoms with E-state index in [9.17, 15) is 9.59 Å². The Labute approximate surface area is 213 Å². The minimum absolute atomic E-state index is 0.0235. The van der Waals surface area contributed by atoms with Crippen LogP contribution < -0.4 is 5.32 Å². The Bertz CT molecular complexity index is 1100. The summed E-state index contributed by atoms with van der Waals surface area (Å²) in [5.41, 5.74) is 3.24. The molecule has 0 aromatic heterocycles. The summed E-state index contributed by atoms with van der Waals surface area (Å²) in [6.07, 6.45) is 4.81. The van der Waals surface area contributed by atoms with E-state index in [1.807, 2.05) is 72.8 Å². The van der Waals surface area contributed by atoms with E-state index in [-0.39, 0.29) is 23.6 Å². The lowest BCUT2D eigenvalue weighted by atomic mass is 10.0. The molecule has 2 amide bonds. The van der Waals surface area contributed by atoms with Crippen molar-refractivity contribution in [3.05, 3.63) is 102 Å². The summed E-state index contributed by atoms with van der Waals surface area (Å²) in [4.78, 5) is 30.3. The molecule has 1 saturated carbocycles. The molecule has 3 aromatic rings. The van der Waals surface area contributed by atoms with Crippen LogP contribution in [-0.2, 0) is 22.6 Å². The molecule has 5 heteroatoms. The van der Waals surface area contributed by atoms with Crippen molar-refractivity contribution < 1.29 is 9.59 Å². The van der Waals surface area contributed by atoms with Crippen LogP contribution >= 0.6 is 11.8 Å². The molecule has 182 valence electrons. The third-order valence-electron chi connectivity index (χ3n) is 6.68. The number of benzene rings is 3. The summed E-state index contributed by atoms with van der Waals surface area (Å²) in [5.74, 6) is 0.217. The van der Waals surface area contributed by atoms with Crippen LogP contribution in [0, 0.1) is 6.92 Å². The fraction of sp³-hybridized carbons (Fsp3) is 0.333. The van der Waals surface area contributed by atoms with Gasteiger partial charge in [0.2, 0.25) is 11.8 Å². The van der Waals surface area contributed by atoms with Crippen LogP contribution in [-0.4, -0.2) is 34.6 Å². The number of amides is 2. The summed E-state index contributed by atoms with van der Waals surface area (Å²) in [6, 6.07) is 27.7. The van der Waals surface area contributed by atoms with Crippen LogP contribution in [0.2, 0.25) is 0 Å². The van der Waals surface area contributed by atoms with Crippen molar-refractivity contribution in [1.82, 2.24) is 10.2 Å². The smallest absolute Gasteiger partial charge is 0.243 e. The zero-order valence-electron chi connectivity index (χ0n) is 20.4. The van der Waals surface area contributed by atoms with Gasteiger partial charge in [0.05, 0.1) is 5.75 Å². The first-order valence-corrected chi connectivity index (χ1v) is 13.4. The van der Waals surface area contributed by atoms with Gasteiger partial charge < -0.3 is 10.2 Å². The zero-order valence-corrected chi connectivity index (χ0v) is 21.2. The highest BCUT2D eigenvalue weighted by atomic mass is 32.2. The molecular formula is C30H34N2O2S. The largest absolute Gasteiger partial charge is 0.352 e. The van der Waals surface area contributed by atoms with Crippen LogP contribution in [0.3, 0.4) is 0 Å². The van der Waals surface area contributed by atoms with Gasteiger partial charge >= 0.3 is 0 Å². The average molecular weight is 487 g/mol. The molecule has 1 atom stereocenters. The van der Waals surface area contributed by atoms with E-state index in [1.165, 1.54) is 11.8 Å². The molecule has 0 spiro atoms. The predicted octanol–water partition coefficient (Wildman–Crippen LogP) is 5.79. The molecule has 1 N–H and O–H groups in total. The molecule has 1 aliphatic rings. The summed E-state index contributed by atoms with van der Waals surface area (Å²) in [7, 11) is 0. The number of carbonyl (C=O) groups is 2. The van der Waals surface area contributed by atoms with Crippen LogP contribution in [0.5, 0.6) is 0 Å². The molecule has 0 heterocycles. The van der Waals surface area contributed by atoms with Crippen molar-refractivity contribution in [3.63, 3.8) is 0 Å². The maximum atomic E-state index is 13.7. The van der Waals surface area contributed by atoms with Gasteiger partial charge in [-0.15, -0.1) is 11.8 Å². The van der Waals surface area contributed by atoms with Gasteiger partial charge in [-0.3, -0.25) is 9.59 Å². The number of nitrogens with one attached hydrogen (secondary N) is 1. The zero-order chi connectivity index (χ0) is 24.5. The maximum Gasteiger partial charge on any atom is 0.243 e. The Morgan fingerprint density at radius 2 is 1.54 bits per heavy atom. The molecule has 0 radical (unpaired) electrons. The van der Waals surface area contributed by atoms with Crippen molar-refractivity contribution in [3.8, 4) is 0 Å². The Morgan fingerprint density at radius 1 is 0.914 bits per heavy atom. The monoisotopic (exact) mass is 486 g/mol. The molecular weight excluding hydrogens is 452 g/mol. The highest BCUT2D eigenvalue weighted by molar-refractivity contribution is 8.00. The van der Waals surface area contributed by atoms with Crippen LogP contribution in [0.1, 0.15) is 42.4 Å². The highest BCUT2D eigenvalue weighted by Gasteiger charge is 2.32. The van der Waals surface area contributed by atoms with Gasteiger partial charge in [0.15, 0.2) is 0 Å². The Balaban J connectivity index is 1.61. The molecule has 4 rings (SSSR count). The van der Waals surface area contributed by atoms with Gasteiger partial charge in [-0.05, 0) is 48.6 Å². The third-order valence-corrected chi connectivity index (χ3v) is 7.68. The van der Waals surface area contributed by atoms with Gasteiger partial charge in [0.25, 0.3) is 0 Å². The first-order chi connectivity index (χ1) is 17.1. The number of thioether (sulfide) groups is 1. The topological polar surface area (TPSA) is 49.4 Å². The summed E-state index contributed by atoms with van der Waals surface area (Å²) in [5, 5.41) is 3.27. The summed E-state index contributed by atoms with van der Waals surface area (Å²) in [6.45, 7) is 2.47. The molecule has 1 aliphatic carbocycles. The van der Waals surface area contributed by atoms with E-state index in [2.05, 4.69) is 24.4 Å². The molecule has 3 aromatic carbocycles. The lowest BCUT2D eigenvalue weighted by Crippen LogP contribution is -2.52. The average Bonchev–Trinajstić information content (AvgIpc) is 3.40. The number of hydrogen-bond acceptors (Lipinski definition) is 3. The lowest BCUT2D eigenvalue weighted by Gasteiger charge is -2.32. The lowest BCUT2D eigenvalue weighted by molar-refractivity contribution is -0.139. The van der Waals surface area contributed by atoms with Gasteiger partial charge in [-0.1, -0.05) is 85.6 Å². The molecule has 4 nitrogen and oxygen atoms in total. The highest BCUT2D eigenvalue weighted by Crippen LogP contribution is 2.23. The Hall–Kier alpha value is -3.05. The van der Waals surface area contributed by atoms with Crippen LogP contribution in [0.25, 0.3) is 0 Å². The van der Waals surface area contributed by atoms with E-state index in [0.717, 1.165) is 47.3 Å². The van der Waals surface area contributed by atoms with Gasteiger partial charge in [0, 0.05) is 23.9 Å². The number of nitrogens with zero attached hydrogens (tertiary/aromatic N) is 1. The standard InChI is InChI=1S/C30H34N2O2S/c1-23-12-8-9-15-25(23)21-32(29(33)22-35-27-18-6-3-7-19-27)28(20-24-13-4-2-5-14-24)30(34)31-26-16-10-11-17-26/h2-9,12-15,18-19,26,28H,10-11,16-17,20-22H2,1H3,(H,31,34). The van der Waals surface area contributed by atoms with Crippen molar-refractivity contribution in [2.45, 2.75) is 62.6 Å². The molecule has 0 saturated heterocycles. The Morgan fingerprint density at radius 3 is 2.23 bits per heavy atom. The molecule has 1 fully saturated rings. The number of carbonyl (C=O) groups excluding carboxylic acids is 2. The van der Waals surface area contributed by atoms with Crippen molar-refractivity contribution >= 4 is 23.6 Å². The van der Waals surface area contributed by atoms with E-state index in [0.29, 0.717) is 13.0 Å². The first-order valence-electron chi connectivity index (χ1n) is 12.5. The summed E-state index contributed by atoms with van der Waals surface area (Å²) >= 11 is 1.52. The van der Waals surface area contributed by atoms with Crippen molar-refractivity contribution in [2.24, 2.45) is 0 Å². The molecule has 0 bridgehead atoms. The van der Waals surface area contributed by atoms with E-state index in [1.54, 1.807) is 4.90 Å². The minimum atomic E-state index is -0.568. The van der Waals surface area contributed by atoms with Gasteiger partial charge in [0.1, 0.15) is 6.04 Å². The second-order valence-corrected chi connectivity index (χ2v) is 10.3. The van der Waals surface area contributed by atoms with Crippen molar-refractivity contribution in [2.75, 3.05) is 5.75 Å². The summed E-state index contributed by atoms with van der Waals surface area (Å²) < 4.78 is 0. The number of hydrogen-bond donors (Lipinski definition) is 1. The number of rotatable bonds is 10.